The normalized spacial score (nSPS) is 12.5. The van der Waals surface area contributed by atoms with Crippen molar-refractivity contribution in [2.24, 2.45) is 5.92 Å². The van der Waals surface area contributed by atoms with Crippen LogP contribution in [0.15, 0.2) is 24.5 Å². The first kappa shape index (κ1) is 19.1. The van der Waals surface area contributed by atoms with Crippen LogP contribution in [0.2, 0.25) is 0 Å². The Morgan fingerprint density at radius 2 is 1.58 bits per heavy atom. The Hall–Kier alpha value is -2.97. The maximum absolute atomic E-state index is 12.2. The number of carbonyl (C=O) groups excluding carboxylic acids is 4. The van der Waals surface area contributed by atoms with Gasteiger partial charge >= 0.3 is 17.9 Å². The van der Waals surface area contributed by atoms with Crippen LogP contribution in [-0.2, 0) is 28.6 Å². The lowest BCUT2D eigenvalue weighted by Gasteiger charge is -2.23. The van der Waals surface area contributed by atoms with Crippen molar-refractivity contribution < 1.29 is 33.4 Å². The number of ether oxygens (including phenoxy) is 3. The maximum atomic E-state index is 12.2. The van der Waals surface area contributed by atoms with E-state index in [2.05, 4.69) is 24.5 Å². The largest absolute Gasteiger partial charge is 0.469 e. The van der Waals surface area contributed by atoms with Gasteiger partial charge in [0.25, 0.3) is 5.91 Å². The van der Waals surface area contributed by atoms with E-state index >= 15 is 0 Å². The standard InChI is InChI=1S/C15H18N2O7/c1-22-11(18)8-10(14(20)23-2)12(15(21)24-3)17-13(19)9-4-6-16-7-5-9/h4-7,10,12H,8H2,1-3H3,(H,17,19)/t10-,12+/m1/s1. The van der Waals surface area contributed by atoms with Gasteiger partial charge in [-0.05, 0) is 12.1 Å². The van der Waals surface area contributed by atoms with Crippen LogP contribution < -0.4 is 5.32 Å². The molecule has 9 heteroatoms. The number of nitrogens with one attached hydrogen (secondary N) is 1. The number of methoxy groups -OCH3 is 3. The minimum absolute atomic E-state index is 0.223. The molecule has 0 aliphatic heterocycles. The summed E-state index contributed by atoms with van der Waals surface area (Å²) in [5.41, 5.74) is 0.223. The Kier molecular flexibility index (Phi) is 7.34. The highest BCUT2D eigenvalue weighted by Gasteiger charge is 2.38. The number of aromatic nitrogens is 1. The number of esters is 3. The molecule has 1 heterocycles. The minimum atomic E-state index is -1.41. The third-order valence-electron chi connectivity index (χ3n) is 3.20. The zero-order valence-electron chi connectivity index (χ0n) is 13.5. The molecule has 0 saturated heterocycles. The summed E-state index contributed by atoms with van der Waals surface area (Å²) in [4.78, 5) is 51.5. The highest BCUT2D eigenvalue weighted by atomic mass is 16.5. The van der Waals surface area contributed by atoms with Gasteiger partial charge in [0.05, 0.1) is 33.7 Å². The van der Waals surface area contributed by atoms with Gasteiger partial charge < -0.3 is 19.5 Å². The van der Waals surface area contributed by atoms with Gasteiger partial charge in [0.15, 0.2) is 0 Å². The van der Waals surface area contributed by atoms with E-state index in [4.69, 9.17) is 0 Å². The Bertz CT molecular complexity index is 603. The summed E-state index contributed by atoms with van der Waals surface area (Å²) in [5.74, 6) is -4.41. The van der Waals surface area contributed by atoms with E-state index in [0.717, 1.165) is 21.3 Å². The Morgan fingerprint density at radius 3 is 2.08 bits per heavy atom. The molecule has 1 N–H and O–H groups in total. The number of carbonyl (C=O) groups is 4. The summed E-state index contributed by atoms with van der Waals surface area (Å²) in [7, 11) is 3.34. The minimum Gasteiger partial charge on any atom is -0.469 e. The smallest absolute Gasteiger partial charge is 0.329 e. The zero-order chi connectivity index (χ0) is 18.1. The van der Waals surface area contributed by atoms with Crippen molar-refractivity contribution in [3.8, 4) is 0 Å². The molecule has 130 valence electrons. The van der Waals surface area contributed by atoms with Gasteiger partial charge in [0.2, 0.25) is 0 Å². The van der Waals surface area contributed by atoms with E-state index in [1.54, 1.807) is 0 Å². The molecule has 2 atom stereocenters. The predicted molar refractivity (Wildman–Crippen MR) is 79.6 cm³/mol. The van der Waals surface area contributed by atoms with Crippen LogP contribution in [0.25, 0.3) is 0 Å². The first-order chi connectivity index (χ1) is 11.4. The third-order valence-corrected chi connectivity index (χ3v) is 3.20. The molecule has 1 rings (SSSR count). The number of rotatable bonds is 7. The quantitative estimate of drug-likeness (QED) is 0.531. The SMILES string of the molecule is COC(=O)C[C@@H](C(=O)OC)[C@H](NC(=O)c1ccncc1)C(=O)OC. The lowest BCUT2D eigenvalue weighted by Crippen LogP contribution is -2.50. The van der Waals surface area contributed by atoms with E-state index < -0.39 is 42.2 Å². The number of amides is 1. The van der Waals surface area contributed by atoms with Crippen molar-refractivity contribution in [1.82, 2.24) is 10.3 Å². The Balaban J connectivity index is 3.07. The van der Waals surface area contributed by atoms with Crippen molar-refractivity contribution in [2.75, 3.05) is 21.3 Å². The zero-order valence-corrected chi connectivity index (χ0v) is 13.5. The first-order valence-corrected chi connectivity index (χ1v) is 6.88. The van der Waals surface area contributed by atoms with E-state index in [9.17, 15) is 19.2 Å². The van der Waals surface area contributed by atoms with Gasteiger partial charge in [0, 0.05) is 18.0 Å². The lowest BCUT2D eigenvalue weighted by molar-refractivity contribution is -0.158. The third kappa shape index (κ3) is 5.04. The molecule has 0 aliphatic rings. The molecule has 0 aromatic carbocycles. The van der Waals surface area contributed by atoms with E-state index in [1.165, 1.54) is 24.5 Å². The van der Waals surface area contributed by atoms with Crippen molar-refractivity contribution in [1.29, 1.82) is 0 Å². The molecule has 1 aromatic heterocycles. The van der Waals surface area contributed by atoms with Crippen molar-refractivity contribution in [2.45, 2.75) is 12.5 Å². The Labute approximate surface area is 138 Å². The van der Waals surface area contributed by atoms with E-state index in [1.807, 2.05) is 0 Å². The monoisotopic (exact) mass is 338 g/mol. The highest BCUT2D eigenvalue weighted by Crippen LogP contribution is 2.15. The number of pyridine rings is 1. The molecule has 0 spiro atoms. The van der Waals surface area contributed by atoms with Crippen molar-refractivity contribution >= 4 is 23.8 Å². The van der Waals surface area contributed by atoms with Crippen LogP contribution in [-0.4, -0.2) is 56.2 Å². The fourth-order valence-electron chi connectivity index (χ4n) is 1.93. The van der Waals surface area contributed by atoms with Gasteiger partial charge in [-0.25, -0.2) is 4.79 Å². The van der Waals surface area contributed by atoms with Gasteiger partial charge in [-0.3, -0.25) is 19.4 Å². The van der Waals surface area contributed by atoms with Crippen LogP contribution in [0.4, 0.5) is 0 Å². The number of hydrogen-bond acceptors (Lipinski definition) is 8. The summed E-state index contributed by atoms with van der Waals surface area (Å²) in [6, 6.07) is 1.44. The molecule has 24 heavy (non-hydrogen) atoms. The van der Waals surface area contributed by atoms with Crippen molar-refractivity contribution in [3.63, 3.8) is 0 Å². The average Bonchev–Trinajstić information content (AvgIpc) is 2.63. The van der Waals surface area contributed by atoms with Crippen LogP contribution in [0.1, 0.15) is 16.8 Å². The van der Waals surface area contributed by atoms with E-state index in [0.29, 0.717) is 0 Å². The van der Waals surface area contributed by atoms with Crippen LogP contribution in [0.3, 0.4) is 0 Å². The molecule has 9 nitrogen and oxygen atoms in total. The maximum Gasteiger partial charge on any atom is 0.329 e. The summed E-state index contributed by atoms with van der Waals surface area (Å²) >= 11 is 0. The van der Waals surface area contributed by atoms with Gasteiger partial charge in [-0.2, -0.15) is 0 Å². The lowest BCUT2D eigenvalue weighted by atomic mass is 9.95. The van der Waals surface area contributed by atoms with Crippen LogP contribution in [0, 0.1) is 5.92 Å². The highest BCUT2D eigenvalue weighted by molar-refractivity contribution is 5.98. The molecule has 1 amide bonds. The summed E-state index contributed by atoms with van der Waals surface area (Å²) in [6.45, 7) is 0. The topological polar surface area (TPSA) is 121 Å². The second-order valence-electron chi connectivity index (χ2n) is 4.62. The fraction of sp³-hybridized carbons (Fsp3) is 0.400. The first-order valence-electron chi connectivity index (χ1n) is 6.88. The second kappa shape index (κ2) is 9.23. The van der Waals surface area contributed by atoms with Crippen LogP contribution in [0.5, 0.6) is 0 Å². The molecule has 0 unspecified atom stereocenters. The Morgan fingerprint density at radius 1 is 1.00 bits per heavy atom. The summed E-state index contributed by atoms with van der Waals surface area (Å²) in [6.07, 6.45) is 2.34. The molecule has 0 saturated carbocycles. The average molecular weight is 338 g/mol. The van der Waals surface area contributed by atoms with Gasteiger partial charge in [-0.15, -0.1) is 0 Å². The fourth-order valence-corrected chi connectivity index (χ4v) is 1.93. The van der Waals surface area contributed by atoms with E-state index in [-0.39, 0.29) is 5.56 Å². The molecule has 0 bridgehead atoms. The number of nitrogens with zero attached hydrogens (tertiary/aromatic N) is 1. The van der Waals surface area contributed by atoms with Gasteiger partial charge in [-0.1, -0.05) is 0 Å². The molecular formula is C15H18N2O7. The molecule has 0 radical (unpaired) electrons. The molecule has 0 fully saturated rings. The van der Waals surface area contributed by atoms with Gasteiger partial charge in [0.1, 0.15) is 6.04 Å². The second-order valence-corrected chi connectivity index (χ2v) is 4.62. The van der Waals surface area contributed by atoms with Crippen LogP contribution >= 0.6 is 0 Å². The molecular weight excluding hydrogens is 320 g/mol. The predicted octanol–water partition coefficient (Wildman–Crippen LogP) is -0.295. The summed E-state index contributed by atoms with van der Waals surface area (Å²) < 4.78 is 13.7. The molecule has 0 aliphatic carbocycles. The van der Waals surface area contributed by atoms with Crippen molar-refractivity contribution in [3.05, 3.63) is 30.1 Å². The summed E-state index contributed by atoms with van der Waals surface area (Å²) in [5, 5.41) is 2.38. The molecule has 1 aromatic rings. The number of hydrogen-bond donors (Lipinski definition) is 1.